The van der Waals surface area contributed by atoms with E-state index in [0.717, 1.165) is 11.3 Å². The summed E-state index contributed by atoms with van der Waals surface area (Å²) in [5.41, 5.74) is 1.12. The van der Waals surface area contributed by atoms with Crippen molar-refractivity contribution in [2.24, 2.45) is 0 Å². The molecule has 0 fully saturated rings. The van der Waals surface area contributed by atoms with E-state index in [0.29, 0.717) is 11.3 Å². The van der Waals surface area contributed by atoms with Crippen LogP contribution in [0.25, 0.3) is 0 Å². The van der Waals surface area contributed by atoms with Crippen LogP contribution < -0.4 is 10.0 Å². The molecule has 0 atom stereocenters. The van der Waals surface area contributed by atoms with Gasteiger partial charge in [-0.3, -0.25) is 9.59 Å². The van der Waals surface area contributed by atoms with Crippen molar-refractivity contribution < 1.29 is 18.0 Å². The Bertz CT molecular complexity index is 781. The Morgan fingerprint density at radius 3 is 2.39 bits per heavy atom. The predicted molar refractivity (Wildman–Crippen MR) is 89.2 cm³/mol. The first-order chi connectivity index (χ1) is 10.9. The van der Waals surface area contributed by atoms with Crippen molar-refractivity contribution >= 4 is 38.7 Å². The summed E-state index contributed by atoms with van der Waals surface area (Å²) >= 11 is 1.12. The van der Waals surface area contributed by atoms with E-state index in [2.05, 4.69) is 10.0 Å². The van der Waals surface area contributed by atoms with Crippen molar-refractivity contribution in [3.05, 3.63) is 47.3 Å². The lowest BCUT2D eigenvalue weighted by Crippen LogP contribution is -2.27. The van der Waals surface area contributed by atoms with Crippen LogP contribution in [0.2, 0.25) is 0 Å². The molecular formula is C15H16N2O4S2. The minimum absolute atomic E-state index is 0.0115. The summed E-state index contributed by atoms with van der Waals surface area (Å²) in [4.78, 5) is 23.0. The third-order valence-electron chi connectivity index (χ3n) is 2.98. The lowest BCUT2D eigenvalue weighted by Gasteiger charge is -2.07. The zero-order valence-electron chi connectivity index (χ0n) is 12.4. The number of nitrogens with one attached hydrogen (secondary N) is 2. The van der Waals surface area contributed by atoms with E-state index in [1.165, 1.54) is 13.0 Å². The van der Waals surface area contributed by atoms with E-state index in [-0.39, 0.29) is 28.9 Å². The summed E-state index contributed by atoms with van der Waals surface area (Å²) in [7, 11) is -3.55. The van der Waals surface area contributed by atoms with Crippen LogP contribution in [0.3, 0.4) is 0 Å². The zero-order chi connectivity index (χ0) is 16.9. The number of hydrogen-bond donors (Lipinski definition) is 2. The Balaban J connectivity index is 1.82. The molecule has 0 radical (unpaired) electrons. The highest BCUT2D eigenvalue weighted by molar-refractivity contribution is 7.91. The highest BCUT2D eigenvalue weighted by atomic mass is 32.2. The van der Waals surface area contributed by atoms with E-state index >= 15 is 0 Å². The first-order valence-corrected chi connectivity index (χ1v) is 9.19. The minimum atomic E-state index is -3.55. The van der Waals surface area contributed by atoms with Gasteiger partial charge in [0, 0.05) is 24.2 Å². The number of hydrogen-bond acceptors (Lipinski definition) is 5. The second-order valence-electron chi connectivity index (χ2n) is 4.76. The summed E-state index contributed by atoms with van der Waals surface area (Å²) in [6.07, 6.45) is 0.0130. The fraction of sp³-hybridized carbons (Fsp3) is 0.200. The Morgan fingerprint density at radius 1 is 1.13 bits per heavy atom. The molecule has 0 aliphatic heterocycles. The second kappa shape index (κ2) is 7.49. The SMILES string of the molecule is CC(=O)c1ccc(NC(=O)CCNS(=O)(=O)c2cccs2)cc1. The third-order valence-corrected chi connectivity index (χ3v) is 5.84. The predicted octanol–water partition coefficient (Wildman–Crippen LogP) is 2.26. The van der Waals surface area contributed by atoms with Crippen LogP contribution in [-0.4, -0.2) is 26.7 Å². The second-order valence-corrected chi connectivity index (χ2v) is 7.70. The molecule has 0 aliphatic rings. The van der Waals surface area contributed by atoms with Gasteiger partial charge in [0.25, 0.3) is 0 Å². The van der Waals surface area contributed by atoms with Gasteiger partial charge in [-0.25, -0.2) is 13.1 Å². The molecule has 2 aromatic rings. The Morgan fingerprint density at radius 2 is 1.83 bits per heavy atom. The summed E-state index contributed by atoms with van der Waals surface area (Å²) in [5.74, 6) is -0.361. The van der Waals surface area contributed by atoms with Crippen molar-refractivity contribution in [3.8, 4) is 0 Å². The van der Waals surface area contributed by atoms with Crippen LogP contribution in [0.4, 0.5) is 5.69 Å². The standard InChI is InChI=1S/C15H16N2O4S2/c1-11(18)12-4-6-13(7-5-12)17-14(19)8-9-16-23(20,21)15-3-2-10-22-15/h2-7,10,16H,8-9H2,1H3,(H,17,19). The van der Waals surface area contributed by atoms with Gasteiger partial charge in [-0.15, -0.1) is 11.3 Å². The average Bonchev–Trinajstić information content (AvgIpc) is 3.02. The highest BCUT2D eigenvalue weighted by Gasteiger charge is 2.14. The van der Waals surface area contributed by atoms with Gasteiger partial charge in [-0.2, -0.15) is 0 Å². The summed E-state index contributed by atoms with van der Waals surface area (Å²) in [5, 5.41) is 4.32. The molecule has 1 heterocycles. The molecule has 6 nitrogen and oxygen atoms in total. The molecule has 0 aliphatic carbocycles. The molecule has 0 unspecified atom stereocenters. The quantitative estimate of drug-likeness (QED) is 0.748. The zero-order valence-corrected chi connectivity index (χ0v) is 14.0. The van der Waals surface area contributed by atoms with Gasteiger partial charge < -0.3 is 5.32 Å². The van der Waals surface area contributed by atoms with Gasteiger partial charge in [0.15, 0.2) is 5.78 Å². The number of sulfonamides is 1. The average molecular weight is 352 g/mol. The first kappa shape index (κ1) is 17.3. The summed E-state index contributed by atoms with van der Waals surface area (Å²) in [6, 6.07) is 9.66. The molecule has 122 valence electrons. The lowest BCUT2D eigenvalue weighted by atomic mass is 10.1. The molecule has 1 aromatic carbocycles. The number of rotatable bonds is 7. The van der Waals surface area contributed by atoms with Gasteiger partial charge in [0.1, 0.15) is 4.21 Å². The molecule has 0 saturated carbocycles. The number of Topliss-reactive ketones (excluding diaryl/α,β-unsaturated/α-hetero) is 1. The van der Waals surface area contributed by atoms with E-state index in [9.17, 15) is 18.0 Å². The highest BCUT2D eigenvalue weighted by Crippen LogP contribution is 2.15. The molecule has 0 bridgehead atoms. The van der Waals surface area contributed by atoms with E-state index in [1.54, 1.807) is 35.7 Å². The number of anilines is 1. The topological polar surface area (TPSA) is 92.3 Å². The summed E-state index contributed by atoms with van der Waals surface area (Å²) in [6.45, 7) is 1.48. The van der Waals surface area contributed by atoms with Gasteiger partial charge in [0.05, 0.1) is 0 Å². The van der Waals surface area contributed by atoms with Crippen LogP contribution in [0, 0.1) is 0 Å². The van der Waals surface area contributed by atoms with Crippen molar-refractivity contribution in [2.75, 3.05) is 11.9 Å². The van der Waals surface area contributed by atoms with E-state index in [4.69, 9.17) is 0 Å². The number of ketones is 1. The molecule has 23 heavy (non-hydrogen) atoms. The van der Waals surface area contributed by atoms with E-state index < -0.39 is 10.0 Å². The molecular weight excluding hydrogens is 336 g/mol. The number of carbonyl (C=O) groups is 2. The largest absolute Gasteiger partial charge is 0.326 e. The van der Waals surface area contributed by atoms with Crippen LogP contribution >= 0.6 is 11.3 Å². The van der Waals surface area contributed by atoms with Gasteiger partial charge in [-0.1, -0.05) is 6.07 Å². The number of thiophene rings is 1. The molecule has 2 rings (SSSR count). The number of amides is 1. The maximum Gasteiger partial charge on any atom is 0.250 e. The van der Waals surface area contributed by atoms with Crippen molar-refractivity contribution in [1.29, 1.82) is 0 Å². The van der Waals surface area contributed by atoms with Crippen LogP contribution in [0.5, 0.6) is 0 Å². The van der Waals surface area contributed by atoms with Gasteiger partial charge in [-0.05, 0) is 42.6 Å². The molecule has 0 spiro atoms. The Labute approximate surface area is 138 Å². The van der Waals surface area contributed by atoms with E-state index in [1.807, 2.05) is 0 Å². The molecule has 2 N–H and O–H groups in total. The third kappa shape index (κ3) is 4.98. The van der Waals surface area contributed by atoms with Gasteiger partial charge in [0.2, 0.25) is 15.9 Å². The van der Waals surface area contributed by atoms with Crippen molar-refractivity contribution in [3.63, 3.8) is 0 Å². The van der Waals surface area contributed by atoms with Crippen molar-refractivity contribution in [2.45, 2.75) is 17.6 Å². The Hall–Kier alpha value is -2.03. The van der Waals surface area contributed by atoms with Crippen molar-refractivity contribution in [1.82, 2.24) is 4.72 Å². The maximum absolute atomic E-state index is 11.9. The van der Waals surface area contributed by atoms with Gasteiger partial charge >= 0.3 is 0 Å². The maximum atomic E-state index is 11.9. The number of carbonyl (C=O) groups excluding carboxylic acids is 2. The molecule has 8 heteroatoms. The molecule has 1 aromatic heterocycles. The fourth-order valence-electron chi connectivity index (χ4n) is 1.80. The minimum Gasteiger partial charge on any atom is -0.326 e. The normalized spacial score (nSPS) is 11.2. The summed E-state index contributed by atoms with van der Waals surface area (Å²) < 4.78 is 26.3. The van der Waals surface area contributed by atoms with Crippen LogP contribution in [-0.2, 0) is 14.8 Å². The monoisotopic (exact) mass is 352 g/mol. The van der Waals surface area contributed by atoms with Crippen LogP contribution in [0.15, 0.2) is 46.0 Å². The molecule has 0 saturated heterocycles. The number of benzene rings is 1. The smallest absolute Gasteiger partial charge is 0.250 e. The van der Waals surface area contributed by atoms with Crippen LogP contribution in [0.1, 0.15) is 23.7 Å². The Kier molecular flexibility index (Phi) is 5.64. The molecule has 1 amide bonds. The first-order valence-electron chi connectivity index (χ1n) is 6.82. The lowest BCUT2D eigenvalue weighted by molar-refractivity contribution is -0.116. The fourth-order valence-corrected chi connectivity index (χ4v) is 3.87.